The highest BCUT2D eigenvalue weighted by Crippen LogP contribution is 2.21. The van der Waals surface area contributed by atoms with Crippen LogP contribution in [0.4, 0.5) is 0 Å². The number of carbonyl (C=O) groups excluding carboxylic acids is 2. The van der Waals surface area contributed by atoms with Gasteiger partial charge in [-0.25, -0.2) is 4.68 Å². The fourth-order valence-corrected chi connectivity index (χ4v) is 2.72. The van der Waals surface area contributed by atoms with Crippen LogP contribution in [0.5, 0.6) is 11.5 Å². The molecule has 156 valence electrons. The Hall–Kier alpha value is -3.81. The average molecular weight is 408 g/mol. The Morgan fingerprint density at radius 1 is 1.03 bits per heavy atom. The van der Waals surface area contributed by atoms with Gasteiger partial charge < -0.3 is 9.84 Å². The van der Waals surface area contributed by atoms with E-state index in [1.165, 1.54) is 10.9 Å². The van der Waals surface area contributed by atoms with Crippen LogP contribution in [0.1, 0.15) is 42.7 Å². The van der Waals surface area contributed by atoms with Gasteiger partial charge in [0.25, 0.3) is 11.8 Å². The predicted molar refractivity (Wildman–Crippen MR) is 111 cm³/mol. The van der Waals surface area contributed by atoms with E-state index in [1.807, 2.05) is 36.4 Å². The van der Waals surface area contributed by atoms with Crippen LogP contribution in [-0.2, 0) is 4.79 Å². The van der Waals surface area contributed by atoms with Crippen molar-refractivity contribution in [1.29, 1.82) is 0 Å². The number of amides is 2. The van der Waals surface area contributed by atoms with E-state index in [9.17, 15) is 14.7 Å². The molecule has 0 aliphatic heterocycles. The molecule has 3 N–H and O–H groups in total. The second-order valence-electron chi connectivity index (χ2n) is 7.07. The summed E-state index contributed by atoms with van der Waals surface area (Å²) in [5, 5.41) is 14.1. The lowest BCUT2D eigenvalue weighted by Gasteiger charge is -2.16. The van der Waals surface area contributed by atoms with Crippen molar-refractivity contribution < 1.29 is 19.4 Å². The molecule has 8 nitrogen and oxygen atoms in total. The van der Waals surface area contributed by atoms with E-state index >= 15 is 0 Å². The van der Waals surface area contributed by atoms with Crippen LogP contribution in [0.15, 0.2) is 60.8 Å². The number of nitrogens with one attached hydrogen (secondary N) is 2. The fourth-order valence-electron chi connectivity index (χ4n) is 2.72. The van der Waals surface area contributed by atoms with Gasteiger partial charge in [-0.05, 0) is 42.7 Å². The largest absolute Gasteiger partial charge is 0.504 e. The van der Waals surface area contributed by atoms with E-state index in [1.54, 1.807) is 25.1 Å². The molecule has 8 heteroatoms. The monoisotopic (exact) mass is 408 g/mol. The quantitative estimate of drug-likeness (QED) is 0.544. The van der Waals surface area contributed by atoms with Crippen LogP contribution >= 0.6 is 0 Å². The lowest BCUT2D eigenvalue weighted by Crippen LogP contribution is -2.47. The number of hydrogen-bond acceptors (Lipinski definition) is 5. The van der Waals surface area contributed by atoms with Gasteiger partial charge in [0, 0.05) is 0 Å². The van der Waals surface area contributed by atoms with E-state index < -0.39 is 17.9 Å². The van der Waals surface area contributed by atoms with E-state index in [0.29, 0.717) is 17.4 Å². The number of nitrogens with zero attached hydrogens (tertiary/aromatic N) is 2. The maximum atomic E-state index is 12.3. The summed E-state index contributed by atoms with van der Waals surface area (Å²) < 4.78 is 7.03. The third-order valence-electron chi connectivity index (χ3n) is 4.44. The van der Waals surface area contributed by atoms with Gasteiger partial charge >= 0.3 is 0 Å². The molecule has 2 amide bonds. The fraction of sp³-hybridized carbons (Fsp3) is 0.227. The number of aromatic hydroxyl groups is 1. The smallest absolute Gasteiger partial charge is 0.294 e. The molecule has 0 radical (unpaired) electrons. The van der Waals surface area contributed by atoms with Crippen LogP contribution in [-0.4, -0.2) is 32.8 Å². The maximum Gasteiger partial charge on any atom is 0.294 e. The predicted octanol–water partition coefficient (Wildman–Crippen LogP) is 2.93. The standard InChI is InChI=1S/C22H24N4O4/c1-14(2)16-8-7-11-18(12-16)30-15(3)21(28)23-24-22(29)20-19(27)13-26(25-20)17-9-5-4-6-10-17/h4-15,27H,1-3H3,(H,23,28)(H,24,29). The van der Waals surface area contributed by atoms with E-state index in [0.717, 1.165) is 5.56 Å². The first-order valence-electron chi connectivity index (χ1n) is 9.56. The van der Waals surface area contributed by atoms with Gasteiger partial charge in [0.2, 0.25) is 0 Å². The third-order valence-corrected chi connectivity index (χ3v) is 4.44. The summed E-state index contributed by atoms with van der Waals surface area (Å²) in [7, 11) is 0. The summed E-state index contributed by atoms with van der Waals surface area (Å²) in [6.45, 7) is 5.71. The third kappa shape index (κ3) is 4.96. The van der Waals surface area contributed by atoms with Crippen LogP contribution in [0.2, 0.25) is 0 Å². The second-order valence-corrected chi connectivity index (χ2v) is 7.07. The summed E-state index contributed by atoms with van der Waals surface area (Å²) in [5.41, 5.74) is 6.10. The molecule has 3 rings (SSSR count). The summed E-state index contributed by atoms with van der Waals surface area (Å²) in [5.74, 6) is -0.694. The van der Waals surface area contributed by atoms with Crippen LogP contribution in [0.25, 0.3) is 5.69 Å². The maximum absolute atomic E-state index is 12.3. The summed E-state index contributed by atoms with van der Waals surface area (Å²) >= 11 is 0. The Morgan fingerprint density at radius 2 is 1.77 bits per heavy atom. The van der Waals surface area contributed by atoms with Crippen LogP contribution < -0.4 is 15.6 Å². The van der Waals surface area contributed by atoms with Crippen molar-refractivity contribution in [3.05, 3.63) is 72.1 Å². The van der Waals surface area contributed by atoms with Crippen LogP contribution in [0, 0.1) is 0 Å². The number of benzene rings is 2. The van der Waals surface area contributed by atoms with Crippen molar-refractivity contribution in [3.8, 4) is 17.2 Å². The summed E-state index contributed by atoms with van der Waals surface area (Å²) in [6, 6.07) is 16.5. The molecule has 0 saturated carbocycles. The van der Waals surface area contributed by atoms with Gasteiger partial charge in [0.15, 0.2) is 17.5 Å². The van der Waals surface area contributed by atoms with Gasteiger partial charge in [-0.2, -0.15) is 5.10 Å². The Bertz CT molecular complexity index is 1030. The second kappa shape index (κ2) is 9.13. The molecule has 0 aliphatic rings. The van der Waals surface area contributed by atoms with E-state index in [4.69, 9.17) is 4.74 Å². The zero-order chi connectivity index (χ0) is 21.7. The lowest BCUT2D eigenvalue weighted by atomic mass is 10.0. The van der Waals surface area contributed by atoms with Crippen molar-refractivity contribution in [3.63, 3.8) is 0 Å². The summed E-state index contributed by atoms with van der Waals surface area (Å²) in [4.78, 5) is 24.6. The molecule has 3 aromatic rings. The first-order valence-corrected chi connectivity index (χ1v) is 9.56. The highest BCUT2D eigenvalue weighted by Gasteiger charge is 2.20. The van der Waals surface area contributed by atoms with Gasteiger partial charge in [-0.15, -0.1) is 0 Å². The van der Waals surface area contributed by atoms with Gasteiger partial charge in [0.05, 0.1) is 11.9 Å². The number of carbonyl (C=O) groups is 2. The number of aromatic nitrogens is 2. The molecule has 30 heavy (non-hydrogen) atoms. The Balaban J connectivity index is 1.58. The minimum absolute atomic E-state index is 0.211. The Kier molecular flexibility index (Phi) is 6.36. The van der Waals surface area contributed by atoms with Crippen molar-refractivity contribution in [2.45, 2.75) is 32.8 Å². The van der Waals surface area contributed by atoms with Gasteiger partial charge in [-0.3, -0.25) is 20.4 Å². The van der Waals surface area contributed by atoms with E-state index in [-0.39, 0.29) is 11.4 Å². The normalized spacial score (nSPS) is 11.7. The number of ether oxygens (including phenoxy) is 1. The van der Waals surface area contributed by atoms with Crippen molar-refractivity contribution >= 4 is 11.8 Å². The molecule has 0 spiro atoms. The molecule has 1 aromatic heterocycles. The topological polar surface area (TPSA) is 105 Å². The van der Waals surface area contributed by atoms with Crippen molar-refractivity contribution in [2.24, 2.45) is 0 Å². The molecule has 0 bridgehead atoms. The Labute approximate surface area is 174 Å². The molecule has 1 atom stereocenters. The number of para-hydroxylation sites is 1. The molecule has 0 saturated heterocycles. The average Bonchev–Trinajstić information content (AvgIpc) is 3.14. The van der Waals surface area contributed by atoms with Crippen LogP contribution in [0.3, 0.4) is 0 Å². The minimum Gasteiger partial charge on any atom is -0.504 e. The highest BCUT2D eigenvalue weighted by molar-refractivity contribution is 5.96. The zero-order valence-corrected chi connectivity index (χ0v) is 17.0. The molecule has 1 unspecified atom stereocenters. The number of hydrazine groups is 1. The van der Waals surface area contributed by atoms with Gasteiger partial charge in [-0.1, -0.05) is 44.2 Å². The molecule has 2 aromatic carbocycles. The molecule has 0 aliphatic carbocycles. The molecule has 1 heterocycles. The summed E-state index contributed by atoms with van der Waals surface area (Å²) in [6.07, 6.45) is 0.475. The minimum atomic E-state index is -0.844. The zero-order valence-electron chi connectivity index (χ0n) is 17.0. The first-order chi connectivity index (χ1) is 14.3. The Morgan fingerprint density at radius 3 is 2.47 bits per heavy atom. The number of rotatable bonds is 6. The lowest BCUT2D eigenvalue weighted by molar-refractivity contribution is -0.128. The van der Waals surface area contributed by atoms with E-state index in [2.05, 4.69) is 29.8 Å². The molecular weight excluding hydrogens is 384 g/mol. The SMILES string of the molecule is CC(Oc1cccc(C(C)C)c1)C(=O)NNC(=O)c1nn(-c2ccccc2)cc1O. The number of hydrogen-bond donors (Lipinski definition) is 3. The van der Waals surface area contributed by atoms with Crippen molar-refractivity contribution in [2.75, 3.05) is 0 Å². The highest BCUT2D eigenvalue weighted by atomic mass is 16.5. The molecular formula is C22H24N4O4. The van der Waals surface area contributed by atoms with Gasteiger partial charge in [0.1, 0.15) is 5.75 Å². The van der Waals surface area contributed by atoms with Crippen molar-refractivity contribution in [1.82, 2.24) is 20.6 Å². The first kappa shape index (κ1) is 20.9. The molecule has 0 fully saturated rings.